The Labute approximate surface area is 259 Å². The summed E-state index contributed by atoms with van der Waals surface area (Å²) >= 11 is 6.48. The van der Waals surface area contributed by atoms with Crippen LogP contribution in [0.2, 0.25) is 5.02 Å². The highest BCUT2D eigenvalue weighted by atomic mass is 35.5. The number of carbonyl (C=O) groups excluding carboxylic acids is 4. The van der Waals surface area contributed by atoms with Gasteiger partial charge in [-0.15, -0.1) is 0 Å². The van der Waals surface area contributed by atoms with Gasteiger partial charge in [-0.1, -0.05) is 71.8 Å². The SMILES string of the molecule is COc1cc([C@H]2C3=CC[C@@H]4C(=O)N(Cc5ccccc5)C(=O)[C@@H]4[C@@H]3C[C@H]3C(=O)N(c4ccccc4)C(=O)[C@@]23C)cc(Cl)c1O. The van der Waals surface area contributed by atoms with Gasteiger partial charge in [-0.2, -0.15) is 0 Å². The Hall–Kier alpha value is -4.43. The number of methoxy groups -OCH3 is 1. The number of aromatic hydroxyl groups is 1. The van der Waals surface area contributed by atoms with Crippen LogP contribution in [0.25, 0.3) is 0 Å². The number of rotatable bonds is 5. The van der Waals surface area contributed by atoms with E-state index in [2.05, 4.69) is 0 Å². The second kappa shape index (κ2) is 10.3. The number of para-hydroxylation sites is 1. The first-order valence-electron chi connectivity index (χ1n) is 14.8. The molecule has 3 aromatic carbocycles. The number of amides is 4. The molecule has 2 aliphatic heterocycles. The van der Waals surface area contributed by atoms with Crippen molar-refractivity contribution in [2.75, 3.05) is 12.0 Å². The van der Waals surface area contributed by atoms with Gasteiger partial charge in [0, 0.05) is 5.92 Å². The molecule has 2 saturated heterocycles. The van der Waals surface area contributed by atoms with Gasteiger partial charge in [0.25, 0.3) is 0 Å². The molecule has 1 saturated carbocycles. The number of hydrogen-bond donors (Lipinski definition) is 1. The Bertz CT molecular complexity index is 1740. The second-order valence-corrected chi connectivity index (χ2v) is 12.7. The first kappa shape index (κ1) is 28.3. The summed E-state index contributed by atoms with van der Waals surface area (Å²) < 4.78 is 5.43. The molecule has 0 bridgehead atoms. The molecule has 7 rings (SSSR count). The first-order chi connectivity index (χ1) is 21.2. The average molecular weight is 611 g/mol. The number of anilines is 1. The minimum Gasteiger partial charge on any atom is -0.503 e. The highest BCUT2D eigenvalue weighted by Crippen LogP contribution is 2.64. The van der Waals surface area contributed by atoms with Crippen molar-refractivity contribution >= 4 is 40.9 Å². The van der Waals surface area contributed by atoms with Crippen LogP contribution in [-0.4, -0.2) is 40.7 Å². The topological polar surface area (TPSA) is 104 Å². The third-order valence-electron chi connectivity index (χ3n) is 10.2. The third-order valence-corrected chi connectivity index (χ3v) is 10.5. The molecule has 4 aliphatic rings. The summed E-state index contributed by atoms with van der Waals surface area (Å²) in [4.78, 5) is 59.1. The standard InChI is InChI=1S/C35H31ClN2O6/c1-35-25(32(41)38(34(35)43)21-11-7-4-8-12-21)17-24-22(29(35)20-15-26(36)30(39)27(16-20)44-2)13-14-23-28(24)33(42)37(31(23)40)18-19-9-5-3-6-10-19/h3-13,15-16,23-25,28-29,39H,14,17-18H2,1-2H3/t23-,24+,25-,28-,29-,35+/m0/s1. The fourth-order valence-electron chi connectivity index (χ4n) is 8.12. The Kier molecular flexibility index (Phi) is 6.66. The molecule has 4 amide bonds. The molecule has 0 radical (unpaired) electrons. The molecule has 3 aromatic rings. The van der Waals surface area contributed by atoms with Crippen LogP contribution in [0.5, 0.6) is 11.5 Å². The molecule has 1 N–H and O–H groups in total. The van der Waals surface area contributed by atoms with E-state index < -0.39 is 35.0 Å². The second-order valence-electron chi connectivity index (χ2n) is 12.3. The minimum atomic E-state index is -1.22. The molecule has 2 aliphatic carbocycles. The van der Waals surface area contributed by atoms with Gasteiger partial charge in [0.05, 0.1) is 47.5 Å². The van der Waals surface area contributed by atoms with Crippen LogP contribution in [0.1, 0.15) is 36.8 Å². The maximum atomic E-state index is 14.5. The predicted octanol–water partition coefficient (Wildman–Crippen LogP) is 5.49. The van der Waals surface area contributed by atoms with Gasteiger partial charge < -0.3 is 9.84 Å². The summed E-state index contributed by atoms with van der Waals surface area (Å²) in [5.41, 5.74) is 1.56. The number of imide groups is 2. The molecule has 3 fully saturated rings. The van der Waals surface area contributed by atoms with E-state index >= 15 is 0 Å². The summed E-state index contributed by atoms with van der Waals surface area (Å²) in [7, 11) is 1.42. The van der Waals surface area contributed by atoms with E-state index in [0.29, 0.717) is 17.7 Å². The quantitative estimate of drug-likeness (QED) is 0.303. The zero-order valence-electron chi connectivity index (χ0n) is 24.3. The number of nitrogens with zero attached hydrogens (tertiary/aromatic N) is 2. The molecule has 9 heteroatoms. The summed E-state index contributed by atoms with van der Waals surface area (Å²) in [5, 5.41) is 10.6. The number of halogens is 1. The van der Waals surface area contributed by atoms with E-state index in [4.69, 9.17) is 16.3 Å². The highest BCUT2D eigenvalue weighted by molar-refractivity contribution is 6.32. The van der Waals surface area contributed by atoms with Crippen LogP contribution in [-0.2, 0) is 25.7 Å². The number of allylic oxidation sites excluding steroid dienone is 2. The van der Waals surface area contributed by atoms with Crippen molar-refractivity contribution in [3.8, 4) is 11.5 Å². The number of benzene rings is 3. The highest BCUT2D eigenvalue weighted by Gasteiger charge is 2.67. The lowest BCUT2D eigenvalue weighted by molar-refractivity contribution is -0.141. The molecule has 0 aromatic heterocycles. The number of hydrogen-bond acceptors (Lipinski definition) is 6. The van der Waals surface area contributed by atoms with Gasteiger partial charge in [0.2, 0.25) is 23.6 Å². The van der Waals surface area contributed by atoms with E-state index in [1.165, 1.54) is 16.9 Å². The zero-order valence-corrected chi connectivity index (χ0v) is 25.0. The van der Waals surface area contributed by atoms with Crippen LogP contribution < -0.4 is 9.64 Å². The van der Waals surface area contributed by atoms with Crippen molar-refractivity contribution in [1.29, 1.82) is 0 Å². The predicted molar refractivity (Wildman–Crippen MR) is 163 cm³/mol. The lowest BCUT2D eigenvalue weighted by atomic mass is 9.51. The number of likely N-dealkylation sites (tertiary alicyclic amines) is 1. The Morgan fingerprint density at radius 3 is 2.30 bits per heavy atom. The smallest absolute Gasteiger partial charge is 0.241 e. The molecule has 224 valence electrons. The largest absolute Gasteiger partial charge is 0.503 e. The molecule has 44 heavy (non-hydrogen) atoms. The maximum absolute atomic E-state index is 14.5. The van der Waals surface area contributed by atoms with Crippen molar-refractivity contribution < 1.29 is 29.0 Å². The third kappa shape index (κ3) is 3.97. The summed E-state index contributed by atoms with van der Waals surface area (Å²) in [6.07, 6.45) is 2.59. The zero-order chi connectivity index (χ0) is 30.9. The van der Waals surface area contributed by atoms with Crippen molar-refractivity contribution in [2.24, 2.45) is 29.1 Å². The van der Waals surface area contributed by atoms with E-state index in [-0.39, 0.29) is 53.1 Å². The average Bonchev–Trinajstić information content (AvgIpc) is 3.38. The molecule has 2 heterocycles. The number of phenols is 1. The molecular weight excluding hydrogens is 580 g/mol. The van der Waals surface area contributed by atoms with Crippen molar-refractivity contribution in [3.63, 3.8) is 0 Å². The van der Waals surface area contributed by atoms with Crippen LogP contribution in [0, 0.1) is 29.1 Å². The van der Waals surface area contributed by atoms with E-state index in [1.54, 1.807) is 36.4 Å². The monoisotopic (exact) mass is 610 g/mol. The van der Waals surface area contributed by atoms with Crippen LogP contribution in [0.4, 0.5) is 5.69 Å². The Morgan fingerprint density at radius 1 is 0.932 bits per heavy atom. The number of phenolic OH excluding ortho intramolecular Hbond substituents is 1. The summed E-state index contributed by atoms with van der Waals surface area (Å²) in [6, 6.07) is 21.5. The number of carbonyl (C=O) groups is 4. The van der Waals surface area contributed by atoms with E-state index in [0.717, 1.165) is 11.1 Å². The number of fused-ring (bicyclic) bond motifs is 4. The van der Waals surface area contributed by atoms with Crippen molar-refractivity contribution in [1.82, 2.24) is 4.90 Å². The van der Waals surface area contributed by atoms with Gasteiger partial charge >= 0.3 is 0 Å². The Balaban J connectivity index is 1.36. The van der Waals surface area contributed by atoms with Crippen molar-refractivity contribution in [2.45, 2.75) is 32.2 Å². The van der Waals surface area contributed by atoms with E-state index in [1.807, 2.05) is 49.4 Å². The van der Waals surface area contributed by atoms with Crippen LogP contribution >= 0.6 is 11.6 Å². The first-order valence-corrected chi connectivity index (χ1v) is 15.1. The molecule has 8 nitrogen and oxygen atoms in total. The molecular formula is C35H31ClN2O6. The number of ether oxygens (including phenoxy) is 1. The summed E-state index contributed by atoms with van der Waals surface area (Å²) in [5.74, 6) is -4.27. The van der Waals surface area contributed by atoms with Gasteiger partial charge in [-0.25, -0.2) is 4.90 Å². The van der Waals surface area contributed by atoms with Gasteiger partial charge in [-0.3, -0.25) is 24.1 Å². The molecule has 0 spiro atoms. The fraction of sp³-hybridized carbons (Fsp3) is 0.314. The normalized spacial score (nSPS) is 29.3. The lowest BCUT2D eigenvalue weighted by Crippen LogP contribution is -2.48. The summed E-state index contributed by atoms with van der Waals surface area (Å²) in [6.45, 7) is 1.99. The minimum absolute atomic E-state index is 0.0498. The maximum Gasteiger partial charge on any atom is 0.241 e. The fourth-order valence-corrected chi connectivity index (χ4v) is 8.34. The van der Waals surface area contributed by atoms with Gasteiger partial charge in [0.1, 0.15) is 0 Å². The van der Waals surface area contributed by atoms with Crippen LogP contribution in [0.15, 0.2) is 84.4 Å². The van der Waals surface area contributed by atoms with Gasteiger partial charge in [-0.05, 0) is 61.1 Å². The lowest BCUT2D eigenvalue weighted by Gasteiger charge is -2.49. The molecule has 6 atom stereocenters. The Morgan fingerprint density at radius 2 is 1.61 bits per heavy atom. The van der Waals surface area contributed by atoms with Gasteiger partial charge in [0.15, 0.2) is 11.5 Å². The molecule has 0 unspecified atom stereocenters. The van der Waals surface area contributed by atoms with E-state index in [9.17, 15) is 24.3 Å². The van der Waals surface area contributed by atoms with Crippen LogP contribution in [0.3, 0.4) is 0 Å². The van der Waals surface area contributed by atoms with Crippen molar-refractivity contribution in [3.05, 3.63) is 101 Å².